The normalized spacial score (nSPS) is 12.5. The highest BCUT2D eigenvalue weighted by molar-refractivity contribution is 7.78. The number of carbonyl (C=O) groups excluding carboxylic acids is 1. The minimum Gasteiger partial charge on any atom is -0.772 e. The van der Waals surface area contributed by atoms with E-state index in [0.717, 1.165) is 0 Å². The summed E-state index contributed by atoms with van der Waals surface area (Å²) in [7, 11) is 0. The van der Waals surface area contributed by atoms with Gasteiger partial charge in [-0.2, -0.15) is 0 Å². The summed E-state index contributed by atoms with van der Waals surface area (Å²) in [6.45, 7) is 0. The second kappa shape index (κ2) is 4.40. The summed E-state index contributed by atoms with van der Waals surface area (Å²) >= 11 is 3.22. The number of nitrogens with zero attached hydrogens (tertiary/aromatic N) is 2. The lowest BCUT2D eigenvalue weighted by molar-refractivity contribution is 0.111. The summed E-state index contributed by atoms with van der Waals surface area (Å²) in [5.41, 5.74) is 0.0699. The molecule has 5 nitrogen and oxygen atoms in total. The predicted molar refractivity (Wildman–Crippen MR) is 45.1 cm³/mol. The molecule has 0 bridgehead atoms. The van der Waals surface area contributed by atoms with Crippen LogP contribution in [0.3, 0.4) is 0 Å². The SMILES string of the molecule is O=Cc1cc(Cl)nc(CS(=O)[O-])n1. The molecule has 1 rings (SSSR count). The molecule has 0 saturated heterocycles. The first-order valence-electron chi connectivity index (χ1n) is 3.16. The minimum absolute atomic E-state index is 0.0166. The van der Waals surface area contributed by atoms with Crippen molar-refractivity contribution < 1.29 is 13.6 Å². The van der Waals surface area contributed by atoms with Gasteiger partial charge in [-0.25, -0.2) is 9.97 Å². The summed E-state index contributed by atoms with van der Waals surface area (Å²) in [4.78, 5) is 17.6. The van der Waals surface area contributed by atoms with E-state index in [1.165, 1.54) is 6.07 Å². The summed E-state index contributed by atoms with van der Waals surface area (Å²) in [6.07, 6.45) is 0.477. The van der Waals surface area contributed by atoms with Gasteiger partial charge in [-0.05, 0) is 11.1 Å². The molecule has 7 heteroatoms. The van der Waals surface area contributed by atoms with Crippen molar-refractivity contribution in [3.05, 3.63) is 22.7 Å². The molecule has 0 N–H and O–H groups in total. The van der Waals surface area contributed by atoms with Crippen LogP contribution in [0.2, 0.25) is 5.15 Å². The maximum atomic E-state index is 10.3. The van der Waals surface area contributed by atoms with E-state index in [1.54, 1.807) is 0 Å². The largest absolute Gasteiger partial charge is 0.772 e. The predicted octanol–water partition coefficient (Wildman–Crippen LogP) is 0.322. The van der Waals surface area contributed by atoms with Crippen LogP contribution in [0.5, 0.6) is 0 Å². The topological polar surface area (TPSA) is 83.0 Å². The molecule has 0 spiro atoms. The van der Waals surface area contributed by atoms with E-state index in [2.05, 4.69) is 9.97 Å². The average Bonchev–Trinajstić information content (AvgIpc) is 2.01. The van der Waals surface area contributed by atoms with Crippen molar-refractivity contribution in [2.45, 2.75) is 5.75 Å². The lowest BCUT2D eigenvalue weighted by Crippen LogP contribution is -2.02. The number of aldehydes is 1. The summed E-state index contributed by atoms with van der Waals surface area (Å²) < 4.78 is 20.5. The van der Waals surface area contributed by atoms with E-state index < -0.39 is 11.1 Å². The van der Waals surface area contributed by atoms with Crippen LogP contribution in [0.1, 0.15) is 16.3 Å². The maximum Gasteiger partial charge on any atom is 0.168 e. The number of carbonyl (C=O) groups is 1. The van der Waals surface area contributed by atoms with Crippen molar-refractivity contribution in [1.82, 2.24) is 9.97 Å². The van der Waals surface area contributed by atoms with Crippen LogP contribution in [0, 0.1) is 0 Å². The molecule has 0 aliphatic carbocycles. The Bertz CT molecular complexity index is 358. The third-order valence-electron chi connectivity index (χ3n) is 1.13. The van der Waals surface area contributed by atoms with Gasteiger partial charge in [0.2, 0.25) is 0 Å². The standard InChI is InChI=1S/C6H5ClN2O3S/c7-5-1-4(2-10)8-6(9-5)3-13(11)12/h1-2H,3H2,(H,11,12)/p-1. The van der Waals surface area contributed by atoms with Crippen molar-refractivity contribution in [1.29, 1.82) is 0 Å². The molecule has 0 aromatic carbocycles. The highest BCUT2D eigenvalue weighted by atomic mass is 35.5. The van der Waals surface area contributed by atoms with Gasteiger partial charge in [-0.1, -0.05) is 11.6 Å². The van der Waals surface area contributed by atoms with Gasteiger partial charge in [-0.3, -0.25) is 9.00 Å². The molecule has 0 fully saturated rings. The summed E-state index contributed by atoms with van der Waals surface area (Å²) in [5, 5.41) is 0.0533. The van der Waals surface area contributed by atoms with Crippen molar-refractivity contribution in [2.75, 3.05) is 0 Å². The van der Waals surface area contributed by atoms with E-state index in [9.17, 15) is 13.6 Å². The Morgan fingerprint density at radius 3 is 2.85 bits per heavy atom. The minimum atomic E-state index is -2.28. The highest BCUT2D eigenvalue weighted by Crippen LogP contribution is 2.06. The second-order valence-electron chi connectivity index (χ2n) is 2.10. The van der Waals surface area contributed by atoms with Crippen molar-refractivity contribution in [3.63, 3.8) is 0 Å². The molecule has 0 amide bonds. The Morgan fingerprint density at radius 2 is 2.31 bits per heavy atom. The first kappa shape index (κ1) is 10.2. The van der Waals surface area contributed by atoms with Crippen LogP contribution in [0.15, 0.2) is 6.07 Å². The van der Waals surface area contributed by atoms with Crippen molar-refractivity contribution >= 4 is 29.0 Å². The van der Waals surface area contributed by atoms with E-state index in [4.69, 9.17) is 11.6 Å². The molecule has 0 aliphatic rings. The van der Waals surface area contributed by atoms with E-state index >= 15 is 0 Å². The van der Waals surface area contributed by atoms with Gasteiger partial charge in [-0.15, -0.1) is 0 Å². The zero-order chi connectivity index (χ0) is 9.84. The Kier molecular flexibility index (Phi) is 3.47. The van der Waals surface area contributed by atoms with Crippen LogP contribution in [-0.2, 0) is 16.8 Å². The molecule has 0 aliphatic heterocycles. The van der Waals surface area contributed by atoms with Gasteiger partial charge < -0.3 is 4.55 Å². The lowest BCUT2D eigenvalue weighted by Gasteiger charge is -2.03. The summed E-state index contributed by atoms with van der Waals surface area (Å²) in [6, 6.07) is 1.26. The molecule has 1 aromatic rings. The van der Waals surface area contributed by atoms with Gasteiger partial charge in [0, 0.05) is 6.07 Å². The molecule has 0 saturated carbocycles. The zero-order valence-corrected chi connectivity index (χ0v) is 7.84. The van der Waals surface area contributed by atoms with Gasteiger partial charge in [0.15, 0.2) is 6.29 Å². The molecular weight excluding hydrogens is 216 g/mol. The fourth-order valence-electron chi connectivity index (χ4n) is 0.714. The maximum absolute atomic E-state index is 10.3. The number of halogens is 1. The monoisotopic (exact) mass is 219 g/mol. The van der Waals surface area contributed by atoms with Gasteiger partial charge in [0.05, 0.1) is 5.75 Å². The third-order valence-corrected chi connectivity index (χ3v) is 1.82. The lowest BCUT2D eigenvalue weighted by atomic mass is 10.4. The van der Waals surface area contributed by atoms with Crippen LogP contribution < -0.4 is 0 Å². The average molecular weight is 220 g/mol. The molecule has 1 atom stereocenters. The van der Waals surface area contributed by atoms with E-state index in [-0.39, 0.29) is 22.4 Å². The van der Waals surface area contributed by atoms with Crippen molar-refractivity contribution in [2.24, 2.45) is 0 Å². The smallest absolute Gasteiger partial charge is 0.168 e. The van der Waals surface area contributed by atoms with Gasteiger partial charge in [0.25, 0.3) is 0 Å². The number of rotatable bonds is 3. The third kappa shape index (κ3) is 3.17. The fourth-order valence-corrected chi connectivity index (χ4v) is 1.26. The molecule has 70 valence electrons. The first-order chi connectivity index (χ1) is 6.11. The Labute approximate surface area is 81.4 Å². The Hall–Kier alpha value is -0.850. The van der Waals surface area contributed by atoms with Crippen LogP contribution in [0.25, 0.3) is 0 Å². The Morgan fingerprint density at radius 1 is 1.62 bits per heavy atom. The number of aromatic nitrogens is 2. The van der Waals surface area contributed by atoms with E-state index in [1.807, 2.05) is 0 Å². The molecule has 13 heavy (non-hydrogen) atoms. The van der Waals surface area contributed by atoms with Crippen molar-refractivity contribution in [3.8, 4) is 0 Å². The molecule has 1 aromatic heterocycles. The quantitative estimate of drug-likeness (QED) is 0.415. The molecular formula is C6H4ClN2O3S-. The summed E-state index contributed by atoms with van der Waals surface area (Å²) in [5.74, 6) is -0.329. The van der Waals surface area contributed by atoms with Crippen LogP contribution in [0.4, 0.5) is 0 Å². The van der Waals surface area contributed by atoms with Crippen LogP contribution in [-0.4, -0.2) is 25.0 Å². The molecule has 0 radical (unpaired) electrons. The highest BCUT2D eigenvalue weighted by Gasteiger charge is 2.02. The van der Waals surface area contributed by atoms with Gasteiger partial charge in [0.1, 0.15) is 16.7 Å². The molecule has 1 heterocycles. The fraction of sp³-hybridized carbons (Fsp3) is 0.167. The molecule has 1 unspecified atom stereocenters. The first-order valence-corrected chi connectivity index (χ1v) is 4.78. The Balaban J connectivity index is 3.01. The van der Waals surface area contributed by atoms with E-state index in [0.29, 0.717) is 6.29 Å². The van der Waals surface area contributed by atoms with Gasteiger partial charge >= 0.3 is 0 Å². The van der Waals surface area contributed by atoms with Crippen LogP contribution >= 0.6 is 11.6 Å². The number of hydrogen-bond donors (Lipinski definition) is 0. The zero-order valence-electron chi connectivity index (χ0n) is 6.27. The number of hydrogen-bond acceptors (Lipinski definition) is 5. The second-order valence-corrected chi connectivity index (χ2v) is 3.38.